The summed E-state index contributed by atoms with van der Waals surface area (Å²) in [7, 11) is 1.76. The van der Waals surface area contributed by atoms with Crippen LogP contribution in [0.15, 0.2) is 12.1 Å². The van der Waals surface area contributed by atoms with Crippen LogP contribution in [0.3, 0.4) is 0 Å². The first-order valence-corrected chi connectivity index (χ1v) is 6.57. The van der Waals surface area contributed by atoms with Crippen LogP contribution in [0.5, 0.6) is 0 Å². The van der Waals surface area contributed by atoms with Crippen molar-refractivity contribution >= 4 is 28.9 Å². The highest BCUT2D eigenvalue weighted by Crippen LogP contribution is 2.27. The molecule has 2 rings (SSSR count). The van der Waals surface area contributed by atoms with Gasteiger partial charge in [0.05, 0.1) is 22.0 Å². The van der Waals surface area contributed by atoms with Crippen molar-refractivity contribution in [2.24, 2.45) is 0 Å². The minimum Gasteiger partial charge on any atom is -0.397 e. The van der Waals surface area contributed by atoms with Crippen molar-refractivity contribution < 1.29 is 4.79 Å². The van der Waals surface area contributed by atoms with E-state index in [1.54, 1.807) is 19.2 Å². The van der Waals surface area contributed by atoms with Crippen LogP contribution in [-0.2, 0) is 0 Å². The number of hydrogen-bond acceptors (Lipinski definition) is 3. The third kappa shape index (κ3) is 2.70. The molecule has 1 aliphatic carbocycles. The standard InChI is InChI=1S/C13H18ClN3O/c1-16-12-7-10(14)9(6-11(12)15)13(18)17-8-4-2-3-5-8/h6-8,16H,2-5,15H2,1H3,(H,17,18). The predicted molar refractivity (Wildman–Crippen MR) is 75.1 cm³/mol. The van der Waals surface area contributed by atoms with Crippen molar-refractivity contribution in [3.8, 4) is 0 Å². The molecule has 0 aromatic heterocycles. The van der Waals surface area contributed by atoms with Crippen LogP contribution in [0.4, 0.5) is 11.4 Å². The first-order chi connectivity index (χ1) is 8.61. The maximum atomic E-state index is 12.1. The summed E-state index contributed by atoms with van der Waals surface area (Å²) in [5, 5.41) is 6.36. The number of rotatable bonds is 3. The summed E-state index contributed by atoms with van der Waals surface area (Å²) in [4.78, 5) is 12.1. The molecule has 98 valence electrons. The zero-order valence-electron chi connectivity index (χ0n) is 10.4. The van der Waals surface area contributed by atoms with E-state index in [1.165, 1.54) is 12.8 Å². The fraction of sp³-hybridized carbons (Fsp3) is 0.462. The third-order valence-electron chi connectivity index (χ3n) is 3.34. The summed E-state index contributed by atoms with van der Waals surface area (Å²) in [6.07, 6.45) is 4.46. The fourth-order valence-corrected chi connectivity index (χ4v) is 2.56. The minimum atomic E-state index is -0.138. The largest absolute Gasteiger partial charge is 0.397 e. The summed E-state index contributed by atoms with van der Waals surface area (Å²) >= 11 is 6.10. The van der Waals surface area contributed by atoms with Crippen molar-refractivity contribution in [3.05, 3.63) is 22.7 Å². The molecule has 0 unspecified atom stereocenters. The van der Waals surface area contributed by atoms with Crippen LogP contribution in [-0.4, -0.2) is 19.0 Å². The van der Waals surface area contributed by atoms with Crippen molar-refractivity contribution in [1.82, 2.24) is 5.32 Å². The van der Waals surface area contributed by atoms with Crippen molar-refractivity contribution in [3.63, 3.8) is 0 Å². The van der Waals surface area contributed by atoms with E-state index in [4.69, 9.17) is 17.3 Å². The molecular formula is C13H18ClN3O. The molecule has 5 heteroatoms. The molecule has 0 radical (unpaired) electrons. The average molecular weight is 268 g/mol. The van der Waals surface area contributed by atoms with E-state index in [1.807, 2.05) is 0 Å². The van der Waals surface area contributed by atoms with Crippen molar-refractivity contribution in [2.45, 2.75) is 31.7 Å². The molecule has 1 amide bonds. The number of benzene rings is 1. The van der Waals surface area contributed by atoms with E-state index in [9.17, 15) is 4.79 Å². The molecule has 1 fully saturated rings. The van der Waals surface area contributed by atoms with Gasteiger partial charge in [0.15, 0.2) is 0 Å². The number of nitrogens with two attached hydrogens (primary N) is 1. The van der Waals surface area contributed by atoms with E-state index in [0.717, 1.165) is 18.5 Å². The monoisotopic (exact) mass is 267 g/mol. The number of halogens is 1. The van der Waals surface area contributed by atoms with Crippen LogP contribution < -0.4 is 16.4 Å². The molecule has 1 aliphatic rings. The SMILES string of the molecule is CNc1cc(Cl)c(C(=O)NC2CCCC2)cc1N. The van der Waals surface area contributed by atoms with Gasteiger partial charge in [0.1, 0.15) is 0 Å². The lowest BCUT2D eigenvalue weighted by atomic mass is 10.1. The second-order valence-corrected chi connectivity index (χ2v) is 5.03. The Bertz CT molecular complexity index is 456. The first-order valence-electron chi connectivity index (χ1n) is 6.19. The van der Waals surface area contributed by atoms with E-state index < -0.39 is 0 Å². The zero-order chi connectivity index (χ0) is 13.1. The van der Waals surface area contributed by atoms with Crippen LogP contribution in [0.2, 0.25) is 5.02 Å². The van der Waals surface area contributed by atoms with Crippen LogP contribution in [0.25, 0.3) is 0 Å². The van der Waals surface area contributed by atoms with Gasteiger partial charge in [0.25, 0.3) is 5.91 Å². The van der Waals surface area contributed by atoms with Gasteiger partial charge in [-0.15, -0.1) is 0 Å². The lowest BCUT2D eigenvalue weighted by molar-refractivity contribution is 0.0938. The number of nitrogen functional groups attached to an aromatic ring is 1. The summed E-state index contributed by atoms with van der Waals surface area (Å²) < 4.78 is 0. The Morgan fingerprint density at radius 2 is 2.06 bits per heavy atom. The fourth-order valence-electron chi connectivity index (χ4n) is 2.31. The lowest BCUT2D eigenvalue weighted by Crippen LogP contribution is -2.32. The third-order valence-corrected chi connectivity index (χ3v) is 3.66. The van der Waals surface area contributed by atoms with Gasteiger partial charge >= 0.3 is 0 Å². The Labute approximate surface area is 112 Å². The van der Waals surface area contributed by atoms with E-state index >= 15 is 0 Å². The highest BCUT2D eigenvalue weighted by molar-refractivity contribution is 6.34. The number of nitrogens with one attached hydrogen (secondary N) is 2. The topological polar surface area (TPSA) is 67.2 Å². The molecule has 0 atom stereocenters. The number of carbonyl (C=O) groups excluding carboxylic acids is 1. The highest BCUT2D eigenvalue weighted by atomic mass is 35.5. The van der Waals surface area contributed by atoms with Gasteiger partial charge in [-0.05, 0) is 25.0 Å². The molecule has 1 saturated carbocycles. The molecule has 18 heavy (non-hydrogen) atoms. The molecular weight excluding hydrogens is 250 g/mol. The molecule has 0 aliphatic heterocycles. The van der Waals surface area contributed by atoms with E-state index in [-0.39, 0.29) is 11.9 Å². The van der Waals surface area contributed by atoms with Crippen molar-refractivity contribution in [2.75, 3.05) is 18.1 Å². The maximum Gasteiger partial charge on any atom is 0.253 e. The molecule has 0 saturated heterocycles. The number of anilines is 2. The average Bonchev–Trinajstić information content (AvgIpc) is 2.84. The predicted octanol–water partition coefficient (Wildman–Crippen LogP) is 2.64. The van der Waals surface area contributed by atoms with Gasteiger partial charge in [-0.3, -0.25) is 4.79 Å². The number of amides is 1. The molecule has 4 N–H and O–H groups in total. The summed E-state index contributed by atoms with van der Waals surface area (Å²) in [5.41, 5.74) is 7.55. The lowest BCUT2D eigenvalue weighted by Gasteiger charge is -2.14. The Hall–Kier alpha value is -1.42. The molecule has 1 aromatic carbocycles. The zero-order valence-corrected chi connectivity index (χ0v) is 11.2. The second kappa shape index (κ2) is 5.48. The summed E-state index contributed by atoms with van der Waals surface area (Å²) in [6, 6.07) is 3.58. The van der Waals surface area contributed by atoms with Crippen LogP contribution in [0.1, 0.15) is 36.0 Å². The van der Waals surface area contributed by atoms with Gasteiger partial charge in [0, 0.05) is 13.1 Å². The Morgan fingerprint density at radius 1 is 1.39 bits per heavy atom. The van der Waals surface area contributed by atoms with Gasteiger partial charge in [-0.25, -0.2) is 0 Å². The Balaban J connectivity index is 2.16. The van der Waals surface area contributed by atoms with Crippen molar-refractivity contribution in [1.29, 1.82) is 0 Å². The molecule has 0 spiro atoms. The van der Waals surface area contributed by atoms with Crippen LogP contribution >= 0.6 is 11.6 Å². The molecule has 4 nitrogen and oxygen atoms in total. The smallest absolute Gasteiger partial charge is 0.253 e. The summed E-state index contributed by atoms with van der Waals surface area (Å²) in [6.45, 7) is 0. The second-order valence-electron chi connectivity index (χ2n) is 4.62. The number of hydrogen-bond donors (Lipinski definition) is 3. The summed E-state index contributed by atoms with van der Waals surface area (Å²) in [5.74, 6) is -0.138. The van der Waals surface area contributed by atoms with Crippen LogP contribution in [0, 0.1) is 0 Å². The minimum absolute atomic E-state index is 0.138. The normalized spacial score (nSPS) is 15.7. The van der Waals surface area contributed by atoms with Gasteiger partial charge < -0.3 is 16.4 Å². The Kier molecular flexibility index (Phi) is 3.97. The van der Waals surface area contributed by atoms with E-state index in [0.29, 0.717) is 16.3 Å². The molecule has 0 bridgehead atoms. The Morgan fingerprint density at radius 3 is 2.67 bits per heavy atom. The highest BCUT2D eigenvalue weighted by Gasteiger charge is 2.20. The van der Waals surface area contributed by atoms with Gasteiger partial charge in [-0.1, -0.05) is 24.4 Å². The van der Waals surface area contributed by atoms with Gasteiger partial charge in [-0.2, -0.15) is 0 Å². The van der Waals surface area contributed by atoms with E-state index in [2.05, 4.69) is 10.6 Å². The molecule has 1 aromatic rings. The molecule has 0 heterocycles. The first kappa shape index (κ1) is 13.0. The maximum absolute atomic E-state index is 12.1. The number of carbonyl (C=O) groups is 1. The van der Waals surface area contributed by atoms with Gasteiger partial charge in [0.2, 0.25) is 0 Å². The quantitative estimate of drug-likeness (QED) is 0.738.